The Labute approximate surface area is 93.6 Å². The maximum absolute atomic E-state index is 11.0. The SMILES string of the molecule is CC(O)C(=O)OCN(C)CC(=O)OCCO. The van der Waals surface area contributed by atoms with E-state index < -0.39 is 18.0 Å². The molecule has 16 heavy (non-hydrogen) atoms. The molecule has 2 N–H and O–H groups in total. The molecular formula is C9H17NO6. The smallest absolute Gasteiger partial charge is 0.335 e. The summed E-state index contributed by atoms with van der Waals surface area (Å²) in [6.45, 7) is 0.829. The van der Waals surface area contributed by atoms with Crippen LogP contribution in [0.3, 0.4) is 0 Å². The lowest BCUT2D eigenvalue weighted by Crippen LogP contribution is -2.32. The molecule has 7 heteroatoms. The van der Waals surface area contributed by atoms with Crippen molar-refractivity contribution in [2.75, 3.05) is 33.5 Å². The van der Waals surface area contributed by atoms with Gasteiger partial charge in [0.15, 0.2) is 0 Å². The van der Waals surface area contributed by atoms with Crippen LogP contribution in [0.25, 0.3) is 0 Å². The van der Waals surface area contributed by atoms with Crippen LogP contribution in [-0.2, 0) is 19.1 Å². The van der Waals surface area contributed by atoms with Crippen LogP contribution < -0.4 is 0 Å². The summed E-state index contributed by atoms with van der Waals surface area (Å²) in [6, 6.07) is 0. The second kappa shape index (κ2) is 8.03. The van der Waals surface area contributed by atoms with E-state index in [-0.39, 0.29) is 26.5 Å². The molecular weight excluding hydrogens is 218 g/mol. The lowest BCUT2D eigenvalue weighted by molar-refractivity contribution is -0.159. The van der Waals surface area contributed by atoms with E-state index >= 15 is 0 Å². The van der Waals surface area contributed by atoms with Crippen molar-refractivity contribution >= 4 is 11.9 Å². The predicted octanol–water partition coefficient (Wildman–Crippen LogP) is -1.66. The number of aliphatic hydroxyl groups excluding tert-OH is 2. The molecule has 94 valence electrons. The zero-order valence-corrected chi connectivity index (χ0v) is 9.38. The van der Waals surface area contributed by atoms with Crippen molar-refractivity contribution in [2.45, 2.75) is 13.0 Å². The fourth-order valence-corrected chi connectivity index (χ4v) is 0.766. The first-order valence-corrected chi connectivity index (χ1v) is 4.77. The number of ether oxygens (including phenoxy) is 2. The van der Waals surface area contributed by atoms with Crippen molar-refractivity contribution in [2.24, 2.45) is 0 Å². The number of nitrogens with zero attached hydrogens (tertiary/aromatic N) is 1. The largest absolute Gasteiger partial charge is 0.462 e. The van der Waals surface area contributed by atoms with Crippen LogP contribution in [0.1, 0.15) is 6.92 Å². The number of hydrogen-bond acceptors (Lipinski definition) is 7. The fourth-order valence-electron chi connectivity index (χ4n) is 0.766. The molecule has 0 rings (SSSR count). The first-order valence-electron chi connectivity index (χ1n) is 4.77. The number of esters is 2. The normalized spacial score (nSPS) is 12.3. The molecule has 7 nitrogen and oxygen atoms in total. The average molecular weight is 235 g/mol. The van der Waals surface area contributed by atoms with Gasteiger partial charge in [-0.3, -0.25) is 9.69 Å². The molecule has 0 aromatic heterocycles. The Morgan fingerprint density at radius 2 is 2.00 bits per heavy atom. The minimum atomic E-state index is -1.19. The van der Waals surface area contributed by atoms with Gasteiger partial charge in [0.05, 0.1) is 13.2 Å². The van der Waals surface area contributed by atoms with E-state index in [1.165, 1.54) is 11.8 Å². The van der Waals surface area contributed by atoms with Crippen LogP contribution in [-0.4, -0.2) is 66.7 Å². The molecule has 0 aliphatic carbocycles. The minimum Gasteiger partial charge on any atom is -0.462 e. The quantitative estimate of drug-likeness (QED) is 0.402. The fraction of sp³-hybridized carbons (Fsp3) is 0.778. The van der Waals surface area contributed by atoms with Gasteiger partial charge in [-0.1, -0.05) is 0 Å². The van der Waals surface area contributed by atoms with Gasteiger partial charge in [0.25, 0.3) is 0 Å². The first-order chi connectivity index (χ1) is 7.47. The van der Waals surface area contributed by atoms with Crippen molar-refractivity contribution in [1.29, 1.82) is 0 Å². The van der Waals surface area contributed by atoms with E-state index in [9.17, 15) is 9.59 Å². The molecule has 0 amide bonds. The number of likely N-dealkylation sites (N-methyl/N-ethyl adjacent to an activating group) is 1. The Balaban J connectivity index is 3.69. The van der Waals surface area contributed by atoms with E-state index in [0.29, 0.717) is 0 Å². The van der Waals surface area contributed by atoms with Gasteiger partial charge >= 0.3 is 11.9 Å². The lowest BCUT2D eigenvalue weighted by Gasteiger charge is -2.16. The third-order valence-corrected chi connectivity index (χ3v) is 1.52. The maximum atomic E-state index is 11.0. The molecule has 0 fully saturated rings. The third-order valence-electron chi connectivity index (χ3n) is 1.52. The van der Waals surface area contributed by atoms with Gasteiger partial charge in [0.2, 0.25) is 0 Å². The molecule has 0 saturated carbocycles. The third kappa shape index (κ3) is 7.16. The van der Waals surface area contributed by atoms with Crippen LogP contribution in [0.15, 0.2) is 0 Å². The van der Waals surface area contributed by atoms with Gasteiger partial charge in [-0.15, -0.1) is 0 Å². The molecule has 0 radical (unpaired) electrons. The van der Waals surface area contributed by atoms with E-state index in [0.717, 1.165) is 0 Å². The summed E-state index contributed by atoms with van der Waals surface area (Å²) in [5.74, 6) is -1.28. The molecule has 1 atom stereocenters. The number of carbonyl (C=O) groups excluding carboxylic acids is 2. The summed E-state index contributed by atoms with van der Waals surface area (Å²) in [6.07, 6.45) is -1.19. The number of hydrogen-bond donors (Lipinski definition) is 2. The van der Waals surface area contributed by atoms with Crippen LogP contribution in [0, 0.1) is 0 Å². The van der Waals surface area contributed by atoms with Crippen molar-refractivity contribution in [1.82, 2.24) is 4.90 Å². The molecule has 0 aliphatic heterocycles. The lowest BCUT2D eigenvalue weighted by atomic mass is 10.4. The van der Waals surface area contributed by atoms with Gasteiger partial charge in [0, 0.05) is 0 Å². The molecule has 0 aliphatic rings. The van der Waals surface area contributed by atoms with Crippen molar-refractivity contribution in [3.05, 3.63) is 0 Å². The molecule has 1 unspecified atom stereocenters. The van der Waals surface area contributed by atoms with E-state index in [2.05, 4.69) is 9.47 Å². The predicted molar refractivity (Wildman–Crippen MR) is 53.3 cm³/mol. The van der Waals surface area contributed by atoms with Crippen LogP contribution in [0.2, 0.25) is 0 Å². The number of aliphatic hydroxyl groups is 2. The molecule has 0 aromatic carbocycles. The van der Waals surface area contributed by atoms with Crippen molar-refractivity contribution in [3.63, 3.8) is 0 Å². The van der Waals surface area contributed by atoms with Crippen LogP contribution >= 0.6 is 0 Å². The molecule has 0 aromatic rings. The number of rotatable bonds is 7. The summed E-state index contributed by atoms with van der Waals surface area (Å²) >= 11 is 0. The summed E-state index contributed by atoms with van der Waals surface area (Å²) < 4.78 is 9.25. The Hall–Kier alpha value is -1.18. The summed E-state index contributed by atoms with van der Waals surface area (Å²) in [4.78, 5) is 23.3. The summed E-state index contributed by atoms with van der Waals surface area (Å²) in [5, 5.41) is 17.2. The van der Waals surface area contributed by atoms with Crippen molar-refractivity contribution in [3.8, 4) is 0 Å². The highest BCUT2D eigenvalue weighted by atomic mass is 16.6. The Bertz CT molecular complexity index is 230. The van der Waals surface area contributed by atoms with Gasteiger partial charge in [-0.25, -0.2) is 4.79 Å². The molecule has 0 heterocycles. The van der Waals surface area contributed by atoms with Crippen LogP contribution in [0.5, 0.6) is 0 Å². The topological polar surface area (TPSA) is 96.3 Å². The Morgan fingerprint density at radius 3 is 2.50 bits per heavy atom. The van der Waals surface area contributed by atoms with Gasteiger partial charge < -0.3 is 19.7 Å². The highest BCUT2D eigenvalue weighted by Crippen LogP contribution is 1.91. The highest BCUT2D eigenvalue weighted by Gasteiger charge is 2.13. The minimum absolute atomic E-state index is 0.0554. The monoisotopic (exact) mass is 235 g/mol. The van der Waals surface area contributed by atoms with Crippen molar-refractivity contribution < 1.29 is 29.3 Å². The standard InChI is InChI=1S/C9H17NO6/c1-7(12)9(14)16-6-10(2)5-8(13)15-4-3-11/h7,11-12H,3-6H2,1-2H3. The van der Waals surface area contributed by atoms with Gasteiger partial charge in [0.1, 0.15) is 19.4 Å². The second-order valence-corrected chi connectivity index (χ2v) is 3.23. The molecule has 0 spiro atoms. The maximum Gasteiger partial charge on any atom is 0.335 e. The Morgan fingerprint density at radius 1 is 1.38 bits per heavy atom. The average Bonchev–Trinajstić information content (AvgIpc) is 2.22. The zero-order valence-electron chi connectivity index (χ0n) is 9.38. The molecule has 0 saturated heterocycles. The highest BCUT2D eigenvalue weighted by molar-refractivity contribution is 5.74. The summed E-state index contributed by atoms with van der Waals surface area (Å²) in [7, 11) is 1.55. The zero-order chi connectivity index (χ0) is 12.6. The Kier molecular flexibility index (Phi) is 7.44. The van der Waals surface area contributed by atoms with E-state index in [1.807, 2.05) is 0 Å². The molecule has 0 bridgehead atoms. The van der Waals surface area contributed by atoms with Gasteiger partial charge in [-0.2, -0.15) is 0 Å². The van der Waals surface area contributed by atoms with E-state index in [1.54, 1.807) is 7.05 Å². The van der Waals surface area contributed by atoms with E-state index in [4.69, 9.17) is 10.2 Å². The number of carbonyl (C=O) groups is 2. The first kappa shape index (κ1) is 14.8. The van der Waals surface area contributed by atoms with Crippen LogP contribution in [0.4, 0.5) is 0 Å². The summed E-state index contributed by atoms with van der Waals surface area (Å²) in [5.41, 5.74) is 0. The second-order valence-electron chi connectivity index (χ2n) is 3.23. The van der Waals surface area contributed by atoms with Gasteiger partial charge in [-0.05, 0) is 14.0 Å².